The van der Waals surface area contributed by atoms with Crippen LogP contribution in [0.5, 0.6) is 17.4 Å². The molecular formula is C24H23F3N4O5. The van der Waals surface area contributed by atoms with Crippen LogP contribution in [0.3, 0.4) is 0 Å². The van der Waals surface area contributed by atoms with Crippen LogP contribution in [0.4, 0.5) is 24.8 Å². The number of nitrogens with one attached hydrogen (secondary N) is 1. The van der Waals surface area contributed by atoms with Gasteiger partial charge in [0.15, 0.2) is 0 Å². The number of fused-ring (bicyclic) bond motifs is 1. The Morgan fingerprint density at radius 3 is 2.69 bits per heavy atom. The normalized spacial score (nSPS) is 14.0. The van der Waals surface area contributed by atoms with Crippen LogP contribution in [0.25, 0.3) is 0 Å². The Balaban J connectivity index is 1.67. The number of anilines is 2. The maximum absolute atomic E-state index is 13.7. The molecule has 2 heterocycles. The van der Waals surface area contributed by atoms with Crippen molar-refractivity contribution in [3.8, 4) is 17.4 Å². The topological polar surface area (TPSA) is 117 Å². The maximum Gasteiger partial charge on any atom is 0.423 e. The zero-order valence-electron chi connectivity index (χ0n) is 19.3. The van der Waals surface area contributed by atoms with Crippen LogP contribution in [0, 0.1) is 0 Å². The third kappa shape index (κ3) is 5.19. The van der Waals surface area contributed by atoms with Crippen molar-refractivity contribution in [3.05, 3.63) is 64.8 Å². The van der Waals surface area contributed by atoms with E-state index >= 15 is 0 Å². The second-order valence-electron chi connectivity index (χ2n) is 8.16. The van der Waals surface area contributed by atoms with Gasteiger partial charge in [0.2, 0.25) is 11.8 Å². The van der Waals surface area contributed by atoms with E-state index in [2.05, 4.69) is 15.3 Å². The Bertz CT molecular complexity index is 1290. The van der Waals surface area contributed by atoms with Crippen molar-refractivity contribution in [2.45, 2.75) is 25.2 Å². The number of halogens is 3. The molecule has 4 rings (SSSR count). The molecule has 1 aliphatic heterocycles. The van der Waals surface area contributed by atoms with Crippen LogP contribution in [0.1, 0.15) is 27.0 Å². The number of benzene rings is 2. The number of hydrogen-bond acceptors (Lipinski definition) is 8. The van der Waals surface area contributed by atoms with E-state index in [9.17, 15) is 23.1 Å². The van der Waals surface area contributed by atoms with E-state index in [4.69, 9.17) is 14.6 Å². The number of alkyl halides is 3. The van der Waals surface area contributed by atoms with Crippen molar-refractivity contribution >= 4 is 17.5 Å². The fourth-order valence-electron chi connectivity index (χ4n) is 3.78. The molecule has 1 amide bonds. The minimum Gasteiger partial charge on any atom is -0.495 e. The van der Waals surface area contributed by atoms with E-state index in [1.165, 1.54) is 18.1 Å². The molecule has 0 aliphatic carbocycles. The highest BCUT2D eigenvalue weighted by molar-refractivity contribution is 6.00. The molecule has 1 aliphatic rings. The van der Waals surface area contributed by atoms with Gasteiger partial charge in [0.1, 0.15) is 17.1 Å². The second-order valence-corrected chi connectivity index (χ2v) is 8.16. The fourth-order valence-corrected chi connectivity index (χ4v) is 3.78. The summed E-state index contributed by atoms with van der Waals surface area (Å²) >= 11 is 0. The monoisotopic (exact) mass is 504 g/mol. The lowest BCUT2D eigenvalue weighted by atomic mass is 10.1. The van der Waals surface area contributed by atoms with Crippen LogP contribution in [0.15, 0.2) is 42.6 Å². The van der Waals surface area contributed by atoms with Gasteiger partial charge in [-0.1, -0.05) is 18.2 Å². The molecule has 0 fully saturated rings. The first-order chi connectivity index (χ1) is 17.1. The predicted molar refractivity (Wildman–Crippen MR) is 122 cm³/mol. The molecule has 2 aromatic carbocycles. The summed E-state index contributed by atoms with van der Waals surface area (Å²) in [5.74, 6) is -1.05. The van der Waals surface area contributed by atoms with Gasteiger partial charge in [0, 0.05) is 26.2 Å². The van der Waals surface area contributed by atoms with Gasteiger partial charge >= 0.3 is 6.18 Å². The summed E-state index contributed by atoms with van der Waals surface area (Å²) in [6.45, 7) is -0.0871. The minimum atomic E-state index is -4.81. The lowest BCUT2D eigenvalue weighted by molar-refractivity contribution is -0.139. The second kappa shape index (κ2) is 9.99. The molecule has 0 spiro atoms. The van der Waals surface area contributed by atoms with Gasteiger partial charge in [-0.25, -0.2) is 4.98 Å². The number of carbonyl (C=O) groups excluding carboxylic acids is 1. The summed E-state index contributed by atoms with van der Waals surface area (Å²) in [5, 5.41) is 21.5. The molecule has 0 saturated heterocycles. The number of carbonyl (C=O) groups is 1. The average molecular weight is 504 g/mol. The number of nitrogens with zero attached hydrogens (tertiary/aromatic N) is 3. The average Bonchev–Trinajstić information content (AvgIpc) is 3.13. The Hall–Kier alpha value is -3.90. The molecule has 0 radical (unpaired) electrons. The summed E-state index contributed by atoms with van der Waals surface area (Å²) in [5.41, 5.74) is 0.636. The Morgan fingerprint density at radius 1 is 1.22 bits per heavy atom. The number of methoxy groups -OCH3 is 1. The first-order valence-electron chi connectivity index (χ1n) is 10.8. The molecule has 12 heteroatoms. The van der Waals surface area contributed by atoms with Crippen molar-refractivity contribution < 1.29 is 37.7 Å². The fraction of sp³-hybridized carbons (Fsp3) is 0.292. The molecule has 3 aromatic rings. The lowest BCUT2D eigenvalue weighted by Crippen LogP contribution is -2.18. The molecule has 0 saturated carbocycles. The quantitative estimate of drug-likeness (QED) is 0.427. The van der Waals surface area contributed by atoms with Gasteiger partial charge < -0.3 is 29.9 Å². The maximum atomic E-state index is 13.7. The van der Waals surface area contributed by atoms with Gasteiger partial charge in [-0.2, -0.15) is 18.2 Å². The smallest absolute Gasteiger partial charge is 0.423 e. The molecule has 1 aromatic heterocycles. The van der Waals surface area contributed by atoms with Crippen molar-refractivity contribution in [1.82, 2.24) is 14.9 Å². The molecular weight excluding hydrogens is 481 g/mol. The molecule has 1 unspecified atom stereocenters. The number of aromatic nitrogens is 2. The summed E-state index contributed by atoms with van der Waals surface area (Å²) in [6, 6.07) is 9.55. The molecule has 1 atom stereocenters. The van der Waals surface area contributed by atoms with E-state index in [0.29, 0.717) is 35.3 Å². The van der Waals surface area contributed by atoms with Crippen molar-refractivity contribution in [2.24, 2.45) is 0 Å². The highest BCUT2D eigenvalue weighted by Gasteiger charge is 2.37. The van der Waals surface area contributed by atoms with Crippen LogP contribution >= 0.6 is 0 Å². The van der Waals surface area contributed by atoms with Gasteiger partial charge in [0.05, 0.1) is 31.1 Å². The number of aliphatic hydroxyl groups excluding tert-OH is 2. The van der Waals surface area contributed by atoms with Crippen molar-refractivity contribution in [2.75, 3.05) is 26.1 Å². The van der Waals surface area contributed by atoms with E-state index in [1.807, 2.05) is 0 Å². The molecule has 9 nitrogen and oxygen atoms in total. The standard InChI is InChI=1S/C24H23F3N4O5/c1-31-11-14-4-3-5-18(20(14)22(31)34)36-21-16(24(25,26)27)10-28-23(30-21)29-17-7-6-13(8-15(33)12-32)9-19(17)35-2/h3-7,9-10,15,32-33H,8,11-12H2,1-2H3,(H,28,29,30). The summed E-state index contributed by atoms with van der Waals surface area (Å²) in [6.07, 6.45) is -4.98. The van der Waals surface area contributed by atoms with Crippen molar-refractivity contribution in [1.29, 1.82) is 0 Å². The van der Waals surface area contributed by atoms with E-state index in [1.54, 1.807) is 37.4 Å². The van der Waals surface area contributed by atoms with Crippen LogP contribution in [-0.4, -0.2) is 57.9 Å². The first kappa shape index (κ1) is 25.2. The summed E-state index contributed by atoms with van der Waals surface area (Å²) < 4.78 is 52.0. The Labute approximate surface area is 204 Å². The largest absolute Gasteiger partial charge is 0.495 e. The molecule has 36 heavy (non-hydrogen) atoms. The molecule has 0 bridgehead atoms. The van der Waals surface area contributed by atoms with Crippen LogP contribution < -0.4 is 14.8 Å². The molecule has 190 valence electrons. The summed E-state index contributed by atoms with van der Waals surface area (Å²) in [4.78, 5) is 21.7. The van der Waals surface area contributed by atoms with Crippen LogP contribution in [0.2, 0.25) is 0 Å². The number of ether oxygens (including phenoxy) is 2. The SMILES string of the molecule is COc1cc(CC(O)CO)ccc1Nc1ncc(C(F)(F)F)c(Oc2cccc3c2C(=O)N(C)C3)n1. The van der Waals surface area contributed by atoms with Gasteiger partial charge in [0.25, 0.3) is 5.91 Å². The van der Waals surface area contributed by atoms with E-state index in [-0.39, 0.29) is 29.6 Å². The van der Waals surface area contributed by atoms with Crippen molar-refractivity contribution in [3.63, 3.8) is 0 Å². The lowest BCUT2D eigenvalue weighted by Gasteiger charge is -2.16. The Morgan fingerprint density at radius 2 is 2.00 bits per heavy atom. The van der Waals surface area contributed by atoms with Crippen LogP contribution in [-0.2, 0) is 19.1 Å². The third-order valence-electron chi connectivity index (χ3n) is 5.54. The van der Waals surface area contributed by atoms with Gasteiger partial charge in [-0.3, -0.25) is 4.79 Å². The highest BCUT2D eigenvalue weighted by Crippen LogP contribution is 2.40. The highest BCUT2D eigenvalue weighted by atomic mass is 19.4. The number of rotatable bonds is 8. The molecule has 3 N–H and O–H groups in total. The van der Waals surface area contributed by atoms with E-state index in [0.717, 1.165) is 0 Å². The van der Waals surface area contributed by atoms with Gasteiger partial charge in [-0.15, -0.1) is 0 Å². The number of hydrogen-bond donors (Lipinski definition) is 3. The summed E-state index contributed by atoms with van der Waals surface area (Å²) in [7, 11) is 2.99. The zero-order valence-corrected chi connectivity index (χ0v) is 19.3. The third-order valence-corrected chi connectivity index (χ3v) is 5.54. The minimum absolute atomic E-state index is 0.0404. The predicted octanol–water partition coefficient (Wildman–Crippen LogP) is 3.52. The number of aliphatic hydroxyl groups is 2. The van der Waals surface area contributed by atoms with E-state index < -0.39 is 30.3 Å². The number of amides is 1. The van der Waals surface area contributed by atoms with Gasteiger partial charge in [-0.05, 0) is 29.3 Å². The first-order valence-corrected chi connectivity index (χ1v) is 10.8. The Kier molecular flexibility index (Phi) is 7.00. The zero-order chi connectivity index (χ0) is 26.0.